The van der Waals surface area contributed by atoms with Gasteiger partial charge in [-0.1, -0.05) is 6.07 Å². The van der Waals surface area contributed by atoms with E-state index in [1.54, 1.807) is 9.80 Å². The average molecular weight is 337 g/mol. The van der Waals surface area contributed by atoms with E-state index in [0.29, 0.717) is 11.3 Å². The summed E-state index contributed by atoms with van der Waals surface area (Å²) in [5.74, 6) is -0.135. The smallest absolute Gasteiger partial charge is 0.324 e. The lowest BCUT2D eigenvalue weighted by Gasteiger charge is -2.33. The minimum atomic E-state index is -0.135. The number of benzene rings is 2. The molecule has 0 radical (unpaired) electrons. The molecule has 0 bridgehead atoms. The predicted molar refractivity (Wildman–Crippen MR) is 100 cm³/mol. The fourth-order valence-electron chi connectivity index (χ4n) is 2.91. The Hall–Kier alpha value is -2.82. The molecule has 3 rings (SSSR count). The number of hydrogen-bond donors (Lipinski definition) is 1. The number of amides is 3. The Morgan fingerprint density at radius 2 is 1.72 bits per heavy atom. The van der Waals surface area contributed by atoms with Crippen molar-refractivity contribution < 1.29 is 9.59 Å². The largest absolute Gasteiger partial charge is 0.327 e. The first-order chi connectivity index (χ1) is 12.0. The summed E-state index contributed by atoms with van der Waals surface area (Å²) in [7, 11) is 1.81. The summed E-state index contributed by atoms with van der Waals surface area (Å²) in [5.41, 5.74) is 4.46. The van der Waals surface area contributed by atoms with Gasteiger partial charge in [0.2, 0.25) is 0 Å². The summed E-state index contributed by atoms with van der Waals surface area (Å²) in [6.07, 6.45) is 0.952. The molecule has 0 aromatic heterocycles. The third-order valence-corrected chi connectivity index (χ3v) is 4.64. The summed E-state index contributed by atoms with van der Waals surface area (Å²) in [6.45, 7) is 5.53. The van der Waals surface area contributed by atoms with Crippen LogP contribution in [0, 0.1) is 13.8 Å². The van der Waals surface area contributed by atoms with Gasteiger partial charge in [-0.3, -0.25) is 9.69 Å². The van der Waals surface area contributed by atoms with Gasteiger partial charge in [-0.15, -0.1) is 0 Å². The Morgan fingerprint density at radius 3 is 2.40 bits per heavy atom. The Kier molecular flexibility index (Phi) is 4.74. The Bertz CT molecular complexity index is 799. The number of urea groups is 1. The van der Waals surface area contributed by atoms with Crippen LogP contribution in [0.3, 0.4) is 0 Å². The van der Waals surface area contributed by atoms with Crippen LogP contribution in [0.4, 0.5) is 16.2 Å². The van der Waals surface area contributed by atoms with Crippen molar-refractivity contribution in [2.24, 2.45) is 0 Å². The zero-order valence-corrected chi connectivity index (χ0v) is 14.9. The van der Waals surface area contributed by atoms with Crippen LogP contribution in [0.5, 0.6) is 0 Å². The van der Waals surface area contributed by atoms with Gasteiger partial charge < -0.3 is 10.2 Å². The molecule has 1 aliphatic heterocycles. The standard InChI is InChI=1S/C20H23N3O2/c1-14-5-6-16(13-15(14)2)19(24)21-17-7-9-18(10-8-17)23-12-4-11-22(3)20(23)25/h5-10,13H,4,11-12H2,1-3H3,(H,21,24). The second kappa shape index (κ2) is 6.97. The maximum absolute atomic E-state index is 12.4. The quantitative estimate of drug-likeness (QED) is 0.926. The van der Waals surface area contributed by atoms with Crippen molar-refractivity contribution >= 4 is 23.3 Å². The molecule has 5 nitrogen and oxygen atoms in total. The van der Waals surface area contributed by atoms with Crippen LogP contribution in [-0.2, 0) is 0 Å². The van der Waals surface area contributed by atoms with E-state index in [2.05, 4.69) is 5.32 Å². The van der Waals surface area contributed by atoms with Crippen molar-refractivity contribution in [3.05, 3.63) is 59.2 Å². The molecule has 130 valence electrons. The molecule has 25 heavy (non-hydrogen) atoms. The zero-order chi connectivity index (χ0) is 18.0. The summed E-state index contributed by atoms with van der Waals surface area (Å²) < 4.78 is 0. The molecular formula is C20H23N3O2. The summed E-state index contributed by atoms with van der Waals surface area (Å²) in [6, 6.07) is 13.1. The lowest BCUT2D eigenvalue weighted by molar-refractivity contribution is 0.102. The Morgan fingerprint density at radius 1 is 1.00 bits per heavy atom. The second-order valence-electron chi connectivity index (χ2n) is 6.51. The van der Waals surface area contributed by atoms with E-state index in [4.69, 9.17) is 0 Å². The van der Waals surface area contributed by atoms with Crippen LogP contribution in [0.25, 0.3) is 0 Å². The molecular weight excluding hydrogens is 314 g/mol. The number of carbonyl (C=O) groups excluding carboxylic acids is 2. The van der Waals surface area contributed by atoms with E-state index in [1.165, 1.54) is 0 Å². The fourth-order valence-corrected chi connectivity index (χ4v) is 2.91. The van der Waals surface area contributed by atoms with Gasteiger partial charge >= 0.3 is 6.03 Å². The maximum atomic E-state index is 12.4. The summed E-state index contributed by atoms with van der Waals surface area (Å²) >= 11 is 0. The first-order valence-corrected chi connectivity index (χ1v) is 8.47. The number of hydrogen-bond acceptors (Lipinski definition) is 2. The number of carbonyl (C=O) groups is 2. The Balaban J connectivity index is 1.71. The normalized spacial score (nSPS) is 14.6. The monoisotopic (exact) mass is 337 g/mol. The van der Waals surface area contributed by atoms with E-state index in [-0.39, 0.29) is 11.9 Å². The molecule has 3 amide bonds. The molecule has 0 unspecified atom stereocenters. The van der Waals surface area contributed by atoms with E-state index in [9.17, 15) is 9.59 Å². The minimum Gasteiger partial charge on any atom is -0.327 e. The molecule has 0 aliphatic carbocycles. The first-order valence-electron chi connectivity index (χ1n) is 8.47. The first kappa shape index (κ1) is 17.0. The highest BCUT2D eigenvalue weighted by molar-refractivity contribution is 6.04. The molecule has 0 atom stereocenters. The van der Waals surface area contributed by atoms with E-state index < -0.39 is 0 Å². The van der Waals surface area contributed by atoms with Crippen LogP contribution < -0.4 is 10.2 Å². The number of nitrogens with zero attached hydrogens (tertiary/aromatic N) is 2. The predicted octanol–water partition coefficient (Wildman–Crippen LogP) is 3.82. The van der Waals surface area contributed by atoms with Crippen LogP contribution in [0.2, 0.25) is 0 Å². The second-order valence-corrected chi connectivity index (χ2v) is 6.51. The number of rotatable bonds is 3. The van der Waals surface area contributed by atoms with Crippen molar-refractivity contribution in [1.82, 2.24) is 4.90 Å². The molecule has 0 saturated carbocycles. The van der Waals surface area contributed by atoms with Gasteiger partial charge in [-0.05, 0) is 67.8 Å². The number of aryl methyl sites for hydroxylation is 2. The SMILES string of the molecule is Cc1ccc(C(=O)Nc2ccc(N3CCCN(C)C3=O)cc2)cc1C. The van der Waals surface area contributed by atoms with Gasteiger partial charge in [0.15, 0.2) is 0 Å². The van der Waals surface area contributed by atoms with Gasteiger partial charge in [0.25, 0.3) is 5.91 Å². The topological polar surface area (TPSA) is 52.7 Å². The summed E-state index contributed by atoms with van der Waals surface area (Å²) in [4.78, 5) is 28.1. The minimum absolute atomic E-state index is 0.0122. The average Bonchev–Trinajstić information content (AvgIpc) is 2.60. The van der Waals surface area contributed by atoms with E-state index >= 15 is 0 Å². The van der Waals surface area contributed by atoms with E-state index in [0.717, 1.165) is 36.3 Å². The van der Waals surface area contributed by atoms with Gasteiger partial charge in [0.1, 0.15) is 0 Å². The van der Waals surface area contributed by atoms with Crippen molar-refractivity contribution in [1.29, 1.82) is 0 Å². The highest BCUT2D eigenvalue weighted by Gasteiger charge is 2.23. The molecule has 1 fully saturated rings. The van der Waals surface area contributed by atoms with Crippen LogP contribution in [-0.4, -0.2) is 37.0 Å². The van der Waals surface area contributed by atoms with Crippen LogP contribution in [0.15, 0.2) is 42.5 Å². The van der Waals surface area contributed by atoms with Gasteiger partial charge in [-0.2, -0.15) is 0 Å². The lowest BCUT2D eigenvalue weighted by Crippen LogP contribution is -2.47. The highest BCUT2D eigenvalue weighted by atomic mass is 16.2. The molecule has 5 heteroatoms. The molecule has 2 aromatic rings. The van der Waals surface area contributed by atoms with Crippen molar-refractivity contribution in [2.45, 2.75) is 20.3 Å². The maximum Gasteiger partial charge on any atom is 0.324 e. The van der Waals surface area contributed by atoms with Crippen molar-refractivity contribution in [3.8, 4) is 0 Å². The number of nitrogens with one attached hydrogen (secondary N) is 1. The molecule has 0 spiro atoms. The van der Waals surface area contributed by atoms with Crippen molar-refractivity contribution in [3.63, 3.8) is 0 Å². The van der Waals surface area contributed by atoms with Gasteiger partial charge in [-0.25, -0.2) is 4.79 Å². The van der Waals surface area contributed by atoms with E-state index in [1.807, 2.05) is 63.4 Å². The molecule has 1 heterocycles. The third kappa shape index (κ3) is 3.65. The van der Waals surface area contributed by atoms with Crippen LogP contribution >= 0.6 is 0 Å². The summed E-state index contributed by atoms with van der Waals surface area (Å²) in [5, 5.41) is 2.90. The van der Waals surface area contributed by atoms with Gasteiger partial charge in [0, 0.05) is 37.1 Å². The number of anilines is 2. The molecule has 1 saturated heterocycles. The third-order valence-electron chi connectivity index (χ3n) is 4.64. The van der Waals surface area contributed by atoms with Gasteiger partial charge in [0.05, 0.1) is 0 Å². The van der Waals surface area contributed by atoms with Crippen molar-refractivity contribution in [2.75, 3.05) is 30.4 Å². The Labute approximate surface area is 148 Å². The van der Waals surface area contributed by atoms with Crippen LogP contribution in [0.1, 0.15) is 27.9 Å². The zero-order valence-electron chi connectivity index (χ0n) is 14.9. The molecule has 1 aliphatic rings. The fraction of sp³-hybridized carbons (Fsp3) is 0.300. The molecule has 2 aromatic carbocycles. The highest BCUT2D eigenvalue weighted by Crippen LogP contribution is 2.22. The lowest BCUT2D eigenvalue weighted by atomic mass is 10.1. The molecule has 1 N–H and O–H groups in total.